The predicted molar refractivity (Wildman–Crippen MR) is 294 cm³/mol. The van der Waals surface area contributed by atoms with Crippen LogP contribution in [0.15, 0.2) is 97.2 Å². The lowest BCUT2D eigenvalue weighted by molar-refractivity contribution is -0.302. The second kappa shape index (κ2) is 49.7. The third-order valence-electron chi connectivity index (χ3n) is 13.0. The van der Waals surface area contributed by atoms with Crippen LogP contribution in [0.5, 0.6) is 0 Å². The summed E-state index contributed by atoms with van der Waals surface area (Å²) in [6, 6.07) is -0.719. The van der Waals surface area contributed by atoms with Gasteiger partial charge in [0.25, 0.3) is 0 Å². The molecule has 70 heavy (non-hydrogen) atoms. The van der Waals surface area contributed by atoms with E-state index in [1.54, 1.807) is 0 Å². The molecule has 1 heterocycles. The molecule has 1 rings (SSSR count). The lowest BCUT2D eigenvalue weighted by atomic mass is 9.99. The minimum Gasteiger partial charge on any atom is -0.394 e. The van der Waals surface area contributed by atoms with Crippen molar-refractivity contribution in [3.63, 3.8) is 0 Å². The molecule has 0 aromatic carbocycles. The van der Waals surface area contributed by atoms with Crippen molar-refractivity contribution in [3.8, 4) is 0 Å². The molecule has 0 aliphatic carbocycles. The van der Waals surface area contributed by atoms with Gasteiger partial charge in [0, 0.05) is 6.42 Å². The number of rotatable bonds is 47. The molecule has 9 heteroatoms. The molecule has 0 aromatic heterocycles. The Kier molecular flexibility index (Phi) is 46.2. The number of amides is 1. The van der Waals surface area contributed by atoms with Gasteiger partial charge < -0.3 is 40.3 Å². The molecule has 1 amide bonds. The summed E-state index contributed by atoms with van der Waals surface area (Å²) in [5.74, 6) is -0.152. The smallest absolute Gasteiger partial charge is 0.220 e. The normalized spacial score (nSPS) is 20.1. The van der Waals surface area contributed by atoms with Gasteiger partial charge in [0.1, 0.15) is 24.4 Å². The van der Waals surface area contributed by atoms with Gasteiger partial charge in [0.2, 0.25) is 5.91 Å². The Morgan fingerprint density at radius 2 is 0.886 bits per heavy atom. The first-order chi connectivity index (χ1) is 34.3. The Morgan fingerprint density at radius 3 is 1.31 bits per heavy atom. The minimum atomic E-state index is -1.55. The fourth-order valence-electron chi connectivity index (χ4n) is 8.47. The quantitative estimate of drug-likeness (QED) is 0.0261. The predicted octanol–water partition coefficient (Wildman–Crippen LogP) is 14.0. The molecule has 402 valence electrons. The average molecular weight is 981 g/mol. The number of carbonyl (C=O) groups is 1. The summed E-state index contributed by atoms with van der Waals surface area (Å²) in [7, 11) is 0. The summed E-state index contributed by atoms with van der Waals surface area (Å²) in [6.45, 7) is 3.64. The van der Waals surface area contributed by atoms with Crippen molar-refractivity contribution in [2.75, 3.05) is 13.2 Å². The molecule has 7 unspecified atom stereocenters. The monoisotopic (exact) mass is 980 g/mol. The topological polar surface area (TPSA) is 149 Å². The van der Waals surface area contributed by atoms with E-state index in [4.69, 9.17) is 9.47 Å². The number of carbonyl (C=O) groups excluding carboxylic acids is 1. The summed E-state index contributed by atoms with van der Waals surface area (Å²) in [4.78, 5) is 12.9. The number of hydrogen-bond donors (Lipinski definition) is 6. The zero-order valence-electron chi connectivity index (χ0n) is 44.5. The Balaban J connectivity index is 2.00. The first kappa shape index (κ1) is 65.1. The fraction of sp³-hybridized carbons (Fsp3) is 0.721. The van der Waals surface area contributed by atoms with E-state index in [2.05, 4.69) is 116 Å². The zero-order chi connectivity index (χ0) is 50.8. The first-order valence-electron chi connectivity index (χ1n) is 28.4. The number of unbranched alkanes of at least 4 members (excludes halogenated alkanes) is 21. The van der Waals surface area contributed by atoms with Gasteiger partial charge in [0.15, 0.2) is 6.29 Å². The molecular weight excluding hydrogens is 875 g/mol. The highest BCUT2D eigenvalue weighted by molar-refractivity contribution is 5.76. The van der Waals surface area contributed by atoms with E-state index in [-0.39, 0.29) is 12.5 Å². The second-order valence-electron chi connectivity index (χ2n) is 19.4. The number of hydrogen-bond acceptors (Lipinski definition) is 8. The van der Waals surface area contributed by atoms with Gasteiger partial charge in [0.05, 0.1) is 25.4 Å². The standard InChI is InChI=1S/C61H105NO8/c1-3-5-7-9-11-12-13-14-15-16-17-18-19-20-21-22-23-24-25-26-27-28-29-30-31-32-33-34-35-36-37-38-39-40-41-42-43-44-45-47-49-51-57(65)62-54(55(64)50-48-46-10-8-6-4-2)53-69-61-60(68)59(67)58(66)56(52-63)70-61/h5,7,11-12,14-15,17-18,20-21,23-24,26-27,29-30,54-56,58-61,63-64,66-68H,3-4,6,8-10,13,16,19,22,25,28,31-53H2,1-2H3,(H,62,65)/b7-5-,12-11-,15-14-,18-17-,21-20-,24-23-,27-26-,30-29-. The lowest BCUT2D eigenvalue weighted by Gasteiger charge is -2.40. The van der Waals surface area contributed by atoms with Crippen molar-refractivity contribution >= 4 is 5.91 Å². The van der Waals surface area contributed by atoms with Gasteiger partial charge in [-0.2, -0.15) is 0 Å². The van der Waals surface area contributed by atoms with Crippen LogP contribution in [-0.4, -0.2) is 87.5 Å². The van der Waals surface area contributed by atoms with Crippen LogP contribution < -0.4 is 5.32 Å². The third kappa shape index (κ3) is 38.7. The Labute approximate surface area is 428 Å². The van der Waals surface area contributed by atoms with Crippen LogP contribution in [0.1, 0.15) is 226 Å². The van der Waals surface area contributed by atoms with Crippen LogP contribution in [0.4, 0.5) is 0 Å². The Morgan fingerprint density at radius 1 is 0.500 bits per heavy atom. The van der Waals surface area contributed by atoms with Crippen LogP contribution in [0.3, 0.4) is 0 Å². The van der Waals surface area contributed by atoms with Crippen LogP contribution in [-0.2, 0) is 14.3 Å². The van der Waals surface area contributed by atoms with E-state index in [0.29, 0.717) is 12.8 Å². The van der Waals surface area contributed by atoms with Crippen LogP contribution in [0.2, 0.25) is 0 Å². The van der Waals surface area contributed by atoms with Crippen LogP contribution in [0, 0.1) is 0 Å². The molecule has 0 bridgehead atoms. The van der Waals surface area contributed by atoms with Crippen molar-refractivity contribution in [3.05, 3.63) is 97.2 Å². The van der Waals surface area contributed by atoms with Crippen molar-refractivity contribution in [1.29, 1.82) is 0 Å². The maximum absolute atomic E-state index is 12.9. The third-order valence-corrected chi connectivity index (χ3v) is 13.0. The highest BCUT2D eigenvalue weighted by Gasteiger charge is 2.44. The van der Waals surface area contributed by atoms with Gasteiger partial charge in [-0.1, -0.05) is 239 Å². The SMILES string of the molecule is CC/C=C\C/C=C\C/C=C\C/C=C\C/C=C\C/C=C\C/C=C\C/C=C\CCCCCCCCCCCCCCCCCCC(=O)NC(COC1OC(CO)C(O)C(O)C1O)C(O)CCCCCCCC. The van der Waals surface area contributed by atoms with Crippen molar-refractivity contribution < 1.29 is 39.8 Å². The summed E-state index contributed by atoms with van der Waals surface area (Å²) >= 11 is 0. The van der Waals surface area contributed by atoms with Crippen molar-refractivity contribution in [1.82, 2.24) is 5.32 Å². The van der Waals surface area contributed by atoms with E-state index < -0.39 is 49.5 Å². The summed E-state index contributed by atoms with van der Waals surface area (Å²) in [6.07, 6.45) is 65.0. The summed E-state index contributed by atoms with van der Waals surface area (Å²) in [5, 5.41) is 54.1. The first-order valence-corrected chi connectivity index (χ1v) is 28.4. The molecule has 0 radical (unpaired) electrons. The minimum absolute atomic E-state index is 0.142. The van der Waals surface area contributed by atoms with Gasteiger partial charge in [-0.3, -0.25) is 4.79 Å². The molecule has 1 aliphatic rings. The zero-order valence-corrected chi connectivity index (χ0v) is 44.5. The molecule has 7 atom stereocenters. The van der Waals surface area contributed by atoms with Crippen molar-refractivity contribution in [2.45, 2.75) is 269 Å². The van der Waals surface area contributed by atoms with E-state index in [1.807, 2.05) is 0 Å². The molecule has 6 N–H and O–H groups in total. The highest BCUT2D eigenvalue weighted by Crippen LogP contribution is 2.23. The molecule has 1 aliphatic heterocycles. The number of allylic oxidation sites excluding steroid dienone is 16. The second-order valence-corrected chi connectivity index (χ2v) is 19.4. The Bertz CT molecular complexity index is 1420. The van der Waals surface area contributed by atoms with Crippen molar-refractivity contribution in [2.24, 2.45) is 0 Å². The fourth-order valence-corrected chi connectivity index (χ4v) is 8.47. The van der Waals surface area contributed by atoms with E-state index in [1.165, 1.54) is 109 Å². The van der Waals surface area contributed by atoms with E-state index >= 15 is 0 Å². The number of nitrogens with one attached hydrogen (secondary N) is 1. The number of aliphatic hydroxyl groups is 5. The molecule has 9 nitrogen and oxygen atoms in total. The highest BCUT2D eigenvalue weighted by atomic mass is 16.7. The lowest BCUT2D eigenvalue weighted by Crippen LogP contribution is -2.60. The largest absolute Gasteiger partial charge is 0.394 e. The average Bonchev–Trinajstić information content (AvgIpc) is 3.36. The Hall–Kier alpha value is -2.89. The number of ether oxygens (including phenoxy) is 2. The maximum Gasteiger partial charge on any atom is 0.220 e. The van der Waals surface area contributed by atoms with E-state index in [0.717, 1.165) is 89.9 Å². The molecule has 0 spiro atoms. The van der Waals surface area contributed by atoms with Gasteiger partial charge in [-0.05, 0) is 77.0 Å². The van der Waals surface area contributed by atoms with Crippen LogP contribution >= 0.6 is 0 Å². The summed E-state index contributed by atoms with van der Waals surface area (Å²) < 4.78 is 11.2. The van der Waals surface area contributed by atoms with Gasteiger partial charge >= 0.3 is 0 Å². The van der Waals surface area contributed by atoms with Gasteiger partial charge in [-0.15, -0.1) is 0 Å². The molecule has 0 saturated carbocycles. The number of aliphatic hydroxyl groups excluding tert-OH is 5. The molecular formula is C61H105NO8. The van der Waals surface area contributed by atoms with Crippen LogP contribution in [0.25, 0.3) is 0 Å². The molecule has 0 aromatic rings. The molecule has 1 saturated heterocycles. The van der Waals surface area contributed by atoms with E-state index in [9.17, 15) is 30.3 Å². The van der Waals surface area contributed by atoms with Gasteiger partial charge in [-0.25, -0.2) is 0 Å². The maximum atomic E-state index is 12.9. The molecule has 1 fully saturated rings. The summed E-state index contributed by atoms with van der Waals surface area (Å²) in [5.41, 5.74) is 0.